The van der Waals surface area contributed by atoms with Crippen molar-refractivity contribution in [3.63, 3.8) is 0 Å². The summed E-state index contributed by atoms with van der Waals surface area (Å²) in [6.07, 6.45) is -0.273. The maximum Gasteiger partial charge on any atom is 0.410 e. The van der Waals surface area contributed by atoms with Gasteiger partial charge in [-0.1, -0.05) is 18.2 Å². The standard InChI is InChI=1S/C20H27N5O3/c1-4-28-20(27)24-12-10-23(11-13-24)14-18(26)21-19-15(2)22-25(16(19)3)17-8-6-5-7-9-17/h5-9H,4,10-14H2,1-3H3,(H,21,26)/p+1. The first kappa shape index (κ1) is 19.9. The van der Waals surface area contributed by atoms with Crippen LogP contribution in [0.25, 0.3) is 5.69 Å². The fourth-order valence-electron chi connectivity index (χ4n) is 3.45. The van der Waals surface area contributed by atoms with Crippen molar-refractivity contribution in [1.29, 1.82) is 0 Å². The molecule has 2 amide bonds. The summed E-state index contributed by atoms with van der Waals surface area (Å²) in [5.41, 5.74) is 3.42. The second kappa shape index (κ2) is 8.88. The van der Waals surface area contributed by atoms with Crippen LogP contribution in [0.5, 0.6) is 0 Å². The van der Waals surface area contributed by atoms with Crippen LogP contribution in [0.2, 0.25) is 0 Å². The number of hydrogen-bond acceptors (Lipinski definition) is 4. The van der Waals surface area contributed by atoms with E-state index in [1.807, 2.05) is 48.9 Å². The van der Waals surface area contributed by atoms with Crippen molar-refractivity contribution in [2.75, 3.05) is 44.6 Å². The number of quaternary nitrogens is 1. The Bertz CT molecular complexity index is 826. The van der Waals surface area contributed by atoms with Gasteiger partial charge >= 0.3 is 6.09 Å². The number of carbonyl (C=O) groups is 2. The Morgan fingerprint density at radius 1 is 1.18 bits per heavy atom. The average molecular weight is 386 g/mol. The van der Waals surface area contributed by atoms with Crippen LogP contribution in [0.1, 0.15) is 18.3 Å². The Labute approximate surface area is 165 Å². The predicted octanol–water partition coefficient (Wildman–Crippen LogP) is 0.785. The van der Waals surface area contributed by atoms with Gasteiger partial charge in [0, 0.05) is 0 Å². The fraction of sp³-hybridized carbons (Fsp3) is 0.450. The molecule has 0 spiro atoms. The molecule has 1 saturated heterocycles. The van der Waals surface area contributed by atoms with Gasteiger partial charge in [0.05, 0.1) is 55.5 Å². The number of carbonyl (C=O) groups excluding carboxylic acids is 2. The second-order valence-corrected chi connectivity index (χ2v) is 6.95. The molecular weight excluding hydrogens is 358 g/mol. The summed E-state index contributed by atoms with van der Waals surface area (Å²) < 4.78 is 6.87. The smallest absolute Gasteiger partial charge is 0.410 e. The van der Waals surface area contributed by atoms with Crippen molar-refractivity contribution >= 4 is 17.7 Å². The van der Waals surface area contributed by atoms with E-state index in [0.717, 1.165) is 40.8 Å². The summed E-state index contributed by atoms with van der Waals surface area (Å²) >= 11 is 0. The summed E-state index contributed by atoms with van der Waals surface area (Å²) in [6, 6.07) is 9.85. The number of nitrogens with one attached hydrogen (secondary N) is 2. The highest BCUT2D eigenvalue weighted by molar-refractivity contribution is 5.92. The van der Waals surface area contributed by atoms with Gasteiger partial charge in [-0.15, -0.1) is 0 Å². The summed E-state index contributed by atoms with van der Waals surface area (Å²) in [6.45, 7) is 9.06. The van der Waals surface area contributed by atoms with E-state index < -0.39 is 0 Å². The molecule has 1 aliphatic rings. The highest BCUT2D eigenvalue weighted by atomic mass is 16.6. The van der Waals surface area contributed by atoms with Crippen molar-refractivity contribution in [2.45, 2.75) is 20.8 Å². The van der Waals surface area contributed by atoms with E-state index in [2.05, 4.69) is 10.4 Å². The third-order valence-corrected chi connectivity index (χ3v) is 4.96. The third-order valence-electron chi connectivity index (χ3n) is 4.96. The number of aromatic nitrogens is 2. The molecule has 28 heavy (non-hydrogen) atoms. The summed E-state index contributed by atoms with van der Waals surface area (Å²) in [5, 5.41) is 7.59. The number of anilines is 1. The minimum Gasteiger partial charge on any atom is -0.450 e. The highest BCUT2D eigenvalue weighted by Crippen LogP contribution is 2.22. The molecule has 0 unspecified atom stereocenters. The van der Waals surface area contributed by atoms with Crippen molar-refractivity contribution in [2.24, 2.45) is 0 Å². The van der Waals surface area contributed by atoms with Gasteiger partial charge in [-0.3, -0.25) is 9.69 Å². The SMILES string of the molecule is CCOC(=O)N1CC[NH+](CC(=O)Nc2c(C)nn(-c3ccccc3)c2C)CC1. The van der Waals surface area contributed by atoms with Crippen molar-refractivity contribution in [3.05, 3.63) is 41.7 Å². The number of hydrogen-bond donors (Lipinski definition) is 2. The number of ether oxygens (including phenoxy) is 1. The zero-order valence-electron chi connectivity index (χ0n) is 16.7. The van der Waals surface area contributed by atoms with Crippen LogP contribution >= 0.6 is 0 Å². The topological polar surface area (TPSA) is 80.9 Å². The van der Waals surface area contributed by atoms with E-state index >= 15 is 0 Å². The monoisotopic (exact) mass is 386 g/mol. The molecule has 8 nitrogen and oxygen atoms in total. The molecule has 1 aliphatic heterocycles. The van der Waals surface area contributed by atoms with Crippen LogP contribution in [0.4, 0.5) is 10.5 Å². The Kier molecular flexibility index (Phi) is 6.30. The molecule has 1 aromatic heterocycles. The highest BCUT2D eigenvalue weighted by Gasteiger charge is 2.26. The quantitative estimate of drug-likeness (QED) is 0.796. The summed E-state index contributed by atoms with van der Waals surface area (Å²) in [4.78, 5) is 27.2. The average Bonchev–Trinajstić information content (AvgIpc) is 2.97. The largest absolute Gasteiger partial charge is 0.450 e. The Hall–Kier alpha value is -2.87. The van der Waals surface area contributed by atoms with Crippen LogP contribution < -0.4 is 10.2 Å². The van der Waals surface area contributed by atoms with Gasteiger partial charge in [0.15, 0.2) is 6.54 Å². The lowest BCUT2D eigenvalue weighted by atomic mass is 10.2. The molecule has 2 heterocycles. The van der Waals surface area contributed by atoms with Crippen LogP contribution in [0, 0.1) is 13.8 Å². The van der Waals surface area contributed by atoms with Crippen LogP contribution in [0.15, 0.2) is 30.3 Å². The molecule has 2 N–H and O–H groups in total. The van der Waals surface area contributed by atoms with Crippen molar-refractivity contribution in [3.8, 4) is 5.69 Å². The summed E-state index contributed by atoms with van der Waals surface area (Å²) in [7, 11) is 0. The van der Waals surface area contributed by atoms with Crippen LogP contribution in [0.3, 0.4) is 0 Å². The molecule has 0 atom stereocenters. The zero-order valence-corrected chi connectivity index (χ0v) is 16.7. The first-order chi connectivity index (χ1) is 13.5. The number of aryl methyl sites for hydroxylation is 1. The number of benzene rings is 1. The lowest BCUT2D eigenvalue weighted by Gasteiger charge is -2.31. The number of amides is 2. The van der Waals surface area contributed by atoms with Crippen LogP contribution in [-0.2, 0) is 9.53 Å². The molecule has 1 fully saturated rings. The molecule has 2 aromatic rings. The fourth-order valence-corrected chi connectivity index (χ4v) is 3.45. The number of nitrogens with zero attached hydrogens (tertiary/aromatic N) is 3. The van der Waals surface area contributed by atoms with E-state index in [0.29, 0.717) is 26.2 Å². The molecule has 0 aliphatic carbocycles. The normalized spacial score (nSPS) is 14.8. The maximum absolute atomic E-state index is 12.6. The minimum atomic E-state index is -0.273. The van der Waals surface area contributed by atoms with Crippen LogP contribution in [-0.4, -0.2) is 66.0 Å². The Morgan fingerprint density at radius 3 is 2.50 bits per heavy atom. The number of rotatable bonds is 5. The molecule has 0 saturated carbocycles. The molecule has 1 aromatic carbocycles. The number of para-hydroxylation sites is 1. The predicted molar refractivity (Wildman–Crippen MR) is 106 cm³/mol. The second-order valence-electron chi connectivity index (χ2n) is 6.95. The maximum atomic E-state index is 12.6. The van der Waals surface area contributed by atoms with Crippen molar-refractivity contribution in [1.82, 2.24) is 14.7 Å². The molecule has 8 heteroatoms. The number of piperazine rings is 1. The first-order valence-electron chi connectivity index (χ1n) is 9.66. The molecule has 0 radical (unpaired) electrons. The van der Waals surface area contributed by atoms with Gasteiger partial charge in [-0.2, -0.15) is 5.10 Å². The molecule has 3 rings (SSSR count). The zero-order chi connectivity index (χ0) is 20.1. The van der Waals surface area contributed by atoms with Gasteiger partial charge < -0.3 is 15.0 Å². The van der Waals surface area contributed by atoms with Crippen molar-refractivity contribution < 1.29 is 19.2 Å². The first-order valence-corrected chi connectivity index (χ1v) is 9.66. The molecular formula is C20H28N5O3+. The lowest BCUT2D eigenvalue weighted by molar-refractivity contribution is -0.895. The third kappa shape index (κ3) is 4.51. The summed E-state index contributed by atoms with van der Waals surface area (Å²) in [5.74, 6) is -0.0432. The van der Waals surface area contributed by atoms with E-state index in [9.17, 15) is 9.59 Å². The van der Waals surface area contributed by atoms with Gasteiger partial charge in [0.25, 0.3) is 5.91 Å². The Morgan fingerprint density at radius 2 is 1.86 bits per heavy atom. The van der Waals surface area contributed by atoms with E-state index in [1.165, 1.54) is 0 Å². The Balaban J connectivity index is 1.58. The van der Waals surface area contributed by atoms with Gasteiger partial charge in [-0.25, -0.2) is 9.48 Å². The van der Waals surface area contributed by atoms with Gasteiger partial charge in [0.1, 0.15) is 0 Å². The van der Waals surface area contributed by atoms with E-state index in [-0.39, 0.29) is 12.0 Å². The molecule has 0 bridgehead atoms. The lowest BCUT2D eigenvalue weighted by Crippen LogP contribution is -3.15. The molecule has 150 valence electrons. The van der Waals surface area contributed by atoms with E-state index in [1.54, 1.807) is 11.8 Å². The van der Waals surface area contributed by atoms with E-state index in [4.69, 9.17) is 4.74 Å². The minimum absolute atomic E-state index is 0.0432. The van der Waals surface area contributed by atoms with Gasteiger partial charge in [-0.05, 0) is 32.9 Å². The van der Waals surface area contributed by atoms with Gasteiger partial charge in [0.2, 0.25) is 0 Å².